The Bertz CT molecular complexity index is 1040. The Hall–Kier alpha value is -3.08. The van der Waals surface area contributed by atoms with Gasteiger partial charge in [-0.05, 0) is 36.8 Å². The maximum Gasteiger partial charge on any atom is 0.256 e. The molecule has 0 radical (unpaired) electrons. The molecule has 2 saturated heterocycles. The minimum absolute atomic E-state index is 0.0121. The van der Waals surface area contributed by atoms with Gasteiger partial charge in [-0.1, -0.05) is 48.5 Å². The lowest BCUT2D eigenvalue weighted by atomic mass is 9.89. The summed E-state index contributed by atoms with van der Waals surface area (Å²) >= 11 is 0. The number of benzene rings is 2. The summed E-state index contributed by atoms with van der Waals surface area (Å²) in [6.07, 6.45) is 5.00. The van der Waals surface area contributed by atoms with Crippen LogP contribution in [0.1, 0.15) is 28.8 Å². The molecule has 0 atom stereocenters. The van der Waals surface area contributed by atoms with Crippen molar-refractivity contribution in [2.24, 2.45) is 11.8 Å². The molecule has 30 heavy (non-hydrogen) atoms. The average Bonchev–Trinajstić information content (AvgIpc) is 3.18. The van der Waals surface area contributed by atoms with Gasteiger partial charge in [0.25, 0.3) is 5.91 Å². The van der Waals surface area contributed by atoms with Gasteiger partial charge in [0.05, 0.1) is 11.5 Å². The number of para-hydroxylation sites is 1. The summed E-state index contributed by atoms with van der Waals surface area (Å²) in [6, 6.07) is 18.4. The second kappa shape index (κ2) is 7.98. The van der Waals surface area contributed by atoms with Gasteiger partial charge >= 0.3 is 0 Å². The highest BCUT2D eigenvalue weighted by Gasteiger charge is 2.39. The number of rotatable bonds is 4. The number of carbonyl (C=O) groups excluding carboxylic acids is 2. The Morgan fingerprint density at radius 1 is 0.900 bits per heavy atom. The molecular formula is C25H27N3O2. The third-order valence-corrected chi connectivity index (χ3v) is 6.63. The zero-order valence-electron chi connectivity index (χ0n) is 17.1. The first-order valence-electron chi connectivity index (χ1n) is 10.9. The van der Waals surface area contributed by atoms with Gasteiger partial charge in [-0.3, -0.25) is 9.59 Å². The molecule has 1 aromatic heterocycles. The van der Waals surface area contributed by atoms with Crippen molar-refractivity contribution in [3.05, 3.63) is 71.9 Å². The predicted molar refractivity (Wildman–Crippen MR) is 117 cm³/mol. The molecule has 3 heterocycles. The first kappa shape index (κ1) is 18.9. The quantitative estimate of drug-likeness (QED) is 0.724. The van der Waals surface area contributed by atoms with E-state index in [1.807, 2.05) is 29.2 Å². The zero-order chi connectivity index (χ0) is 20.5. The van der Waals surface area contributed by atoms with Crippen LogP contribution in [-0.2, 0) is 11.2 Å². The van der Waals surface area contributed by atoms with Crippen LogP contribution in [0.2, 0.25) is 0 Å². The summed E-state index contributed by atoms with van der Waals surface area (Å²) in [5.74, 6) is 0.830. The number of H-pyrrole nitrogens is 1. The average molecular weight is 402 g/mol. The zero-order valence-corrected chi connectivity index (χ0v) is 17.1. The van der Waals surface area contributed by atoms with Crippen LogP contribution in [0, 0.1) is 11.8 Å². The van der Waals surface area contributed by atoms with E-state index in [0.29, 0.717) is 24.6 Å². The van der Waals surface area contributed by atoms with Crippen molar-refractivity contribution >= 4 is 22.7 Å². The lowest BCUT2D eigenvalue weighted by Crippen LogP contribution is -2.57. The third kappa shape index (κ3) is 3.60. The third-order valence-electron chi connectivity index (χ3n) is 6.63. The van der Waals surface area contributed by atoms with E-state index in [1.165, 1.54) is 5.56 Å². The largest absolute Gasteiger partial charge is 0.360 e. The van der Waals surface area contributed by atoms with E-state index in [2.05, 4.69) is 35.3 Å². The Morgan fingerprint density at radius 2 is 1.60 bits per heavy atom. The van der Waals surface area contributed by atoms with Gasteiger partial charge in [-0.25, -0.2) is 0 Å². The van der Waals surface area contributed by atoms with E-state index in [-0.39, 0.29) is 17.7 Å². The van der Waals surface area contributed by atoms with Crippen LogP contribution in [-0.4, -0.2) is 52.8 Å². The molecule has 2 aliphatic heterocycles. The summed E-state index contributed by atoms with van der Waals surface area (Å²) in [5, 5.41) is 0.942. The molecule has 3 aromatic rings. The molecule has 2 aromatic carbocycles. The van der Waals surface area contributed by atoms with Gasteiger partial charge < -0.3 is 14.8 Å². The van der Waals surface area contributed by atoms with E-state index in [9.17, 15) is 9.59 Å². The Kier molecular flexibility index (Phi) is 5.03. The molecule has 1 N–H and O–H groups in total. The smallest absolute Gasteiger partial charge is 0.256 e. The standard InChI is InChI=1S/C25H27N3O2/c29-24(27-12-10-19(11-13-27)14-18-6-2-1-3-7-18)20-16-28(17-20)25(30)22-15-26-23-9-5-4-8-21(22)23/h1-9,15,19-20,26H,10-14,16-17H2. The van der Waals surface area contributed by atoms with Crippen LogP contribution >= 0.6 is 0 Å². The van der Waals surface area contributed by atoms with Crippen LogP contribution in [0.5, 0.6) is 0 Å². The number of likely N-dealkylation sites (tertiary alicyclic amines) is 2. The highest BCUT2D eigenvalue weighted by Crippen LogP contribution is 2.27. The number of amides is 2. The van der Waals surface area contributed by atoms with Crippen molar-refractivity contribution in [2.75, 3.05) is 26.2 Å². The van der Waals surface area contributed by atoms with Gasteiger partial charge in [0, 0.05) is 43.3 Å². The van der Waals surface area contributed by atoms with Crippen molar-refractivity contribution in [1.82, 2.24) is 14.8 Å². The van der Waals surface area contributed by atoms with Gasteiger partial charge in [0.2, 0.25) is 5.91 Å². The lowest BCUT2D eigenvalue weighted by Gasteiger charge is -2.42. The van der Waals surface area contributed by atoms with Crippen LogP contribution < -0.4 is 0 Å². The minimum Gasteiger partial charge on any atom is -0.360 e. The Balaban J connectivity index is 1.12. The number of carbonyl (C=O) groups is 2. The van der Waals surface area contributed by atoms with Gasteiger partial charge in [-0.2, -0.15) is 0 Å². The first-order valence-corrected chi connectivity index (χ1v) is 10.9. The highest BCUT2D eigenvalue weighted by atomic mass is 16.2. The molecule has 154 valence electrons. The van der Waals surface area contributed by atoms with E-state index in [4.69, 9.17) is 0 Å². The second-order valence-corrected chi connectivity index (χ2v) is 8.61. The number of fused-ring (bicyclic) bond motifs is 1. The number of piperidine rings is 1. The molecule has 2 amide bonds. The molecule has 0 spiro atoms. The number of nitrogens with zero attached hydrogens (tertiary/aromatic N) is 2. The van der Waals surface area contributed by atoms with Crippen molar-refractivity contribution in [3.8, 4) is 0 Å². The van der Waals surface area contributed by atoms with Crippen LogP contribution in [0.25, 0.3) is 10.9 Å². The first-order chi connectivity index (χ1) is 14.7. The maximum absolute atomic E-state index is 12.9. The molecule has 2 aliphatic rings. The van der Waals surface area contributed by atoms with Crippen molar-refractivity contribution in [3.63, 3.8) is 0 Å². The van der Waals surface area contributed by atoms with Crippen LogP contribution in [0.15, 0.2) is 60.8 Å². The highest BCUT2D eigenvalue weighted by molar-refractivity contribution is 6.07. The van der Waals surface area contributed by atoms with E-state index >= 15 is 0 Å². The summed E-state index contributed by atoms with van der Waals surface area (Å²) in [4.78, 5) is 32.7. The van der Waals surface area contributed by atoms with E-state index < -0.39 is 0 Å². The molecular weight excluding hydrogens is 374 g/mol. The van der Waals surface area contributed by atoms with E-state index in [0.717, 1.165) is 43.3 Å². The van der Waals surface area contributed by atoms with Crippen molar-refractivity contribution in [2.45, 2.75) is 19.3 Å². The summed E-state index contributed by atoms with van der Waals surface area (Å²) in [7, 11) is 0. The maximum atomic E-state index is 12.9. The SMILES string of the molecule is O=C(c1c[nH]c2ccccc12)N1CC(C(=O)N2CCC(Cc3ccccc3)CC2)C1. The van der Waals surface area contributed by atoms with Crippen molar-refractivity contribution < 1.29 is 9.59 Å². The van der Waals surface area contributed by atoms with Crippen LogP contribution in [0.3, 0.4) is 0 Å². The van der Waals surface area contributed by atoms with Gasteiger partial charge in [0.1, 0.15) is 0 Å². The summed E-state index contributed by atoms with van der Waals surface area (Å²) < 4.78 is 0. The minimum atomic E-state index is -0.0511. The molecule has 0 bridgehead atoms. The Morgan fingerprint density at radius 3 is 2.37 bits per heavy atom. The number of aromatic amines is 1. The molecule has 2 fully saturated rings. The van der Waals surface area contributed by atoms with Gasteiger partial charge in [0.15, 0.2) is 0 Å². The van der Waals surface area contributed by atoms with Gasteiger partial charge in [-0.15, -0.1) is 0 Å². The Labute approximate surface area is 176 Å². The summed E-state index contributed by atoms with van der Waals surface area (Å²) in [5.41, 5.74) is 3.04. The number of nitrogens with one attached hydrogen (secondary N) is 1. The van der Waals surface area contributed by atoms with Crippen molar-refractivity contribution in [1.29, 1.82) is 0 Å². The normalized spacial score (nSPS) is 17.9. The molecule has 5 rings (SSSR count). The monoisotopic (exact) mass is 401 g/mol. The molecule has 0 aliphatic carbocycles. The molecule has 0 unspecified atom stereocenters. The number of hydrogen-bond donors (Lipinski definition) is 1. The number of aromatic nitrogens is 1. The number of hydrogen-bond acceptors (Lipinski definition) is 2. The predicted octanol–water partition coefficient (Wildman–Crippen LogP) is 3.72. The molecule has 5 nitrogen and oxygen atoms in total. The molecule has 0 saturated carbocycles. The topological polar surface area (TPSA) is 56.4 Å². The lowest BCUT2D eigenvalue weighted by molar-refractivity contribution is -0.141. The fourth-order valence-electron chi connectivity index (χ4n) is 4.78. The molecule has 5 heteroatoms. The second-order valence-electron chi connectivity index (χ2n) is 8.61. The fourth-order valence-corrected chi connectivity index (χ4v) is 4.78. The van der Waals surface area contributed by atoms with Crippen LogP contribution in [0.4, 0.5) is 0 Å². The van der Waals surface area contributed by atoms with E-state index in [1.54, 1.807) is 11.1 Å². The summed E-state index contributed by atoms with van der Waals surface area (Å²) in [6.45, 7) is 2.73. The fraction of sp³-hybridized carbons (Fsp3) is 0.360.